The number of hydrogen-bond acceptors (Lipinski definition) is 4. The fourth-order valence-electron chi connectivity index (χ4n) is 5.57. The fourth-order valence-corrected chi connectivity index (χ4v) is 5.57. The van der Waals surface area contributed by atoms with Gasteiger partial charge in [0.05, 0.1) is 5.56 Å². The van der Waals surface area contributed by atoms with Crippen molar-refractivity contribution in [2.45, 2.75) is 33.4 Å². The Balaban J connectivity index is 1.28. The SMILES string of the molecule is Cc1cc(OCc2ccccc2)c2cc(OCc3ccccc3)c(-c3ccc(OCc4ccccc4)c(OCc4ccccc4)c3)[o+]c2c1. The molecule has 0 bridgehead atoms. The van der Waals surface area contributed by atoms with Crippen LogP contribution in [0.15, 0.2) is 162 Å². The lowest BCUT2D eigenvalue weighted by atomic mass is 10.1. The molecule has 49 heavy (non-hydrogen) atoms. The van der Waals surface area contributed by atoms with Gasteiger partial charge in [0.1, 0.15) is 37.6 Å². The summed E-state index contributed by atoms with van der Waals surface area (Å²) in [6.45, 7) is 3.65. The molecule has 0 saturated heterocycles. The van der Waals surface area contributed by atoms with Gasteiger partial charge in [-0.05, 0) is 52.9 Å². The maximum Gasteiger partial charge on any atom is 0.402 e. The Labute approximate surface area is 286 Å². The predicted octanol–water partition coefficient (Wildman–Crippen LogP) is 11.0. The molecule has 242 valence electrons. The van der Waals surface area contributed by atoms with Gasteiger partial charge < -0.3 is 18.9 Å². The minimum Gasteiger partial charge on any atom is -0.488 e. The van der Waals surface area contributed by atoms with E-state index < -0.39 is 0 Å². The van der Waals surface area contributed by atoms with E-state index in [1.165, 1.54) is 0 Å². The second-order valence-electron chi connectivity index (χ2n) is 11.9. The zero-order chi connectivity index (χ0) is 33.3. The monoisotopic (exact) mass is 645 g/mol. The van der Waals surface area contributed by atoms with Crippen LogP contribution in [0.5, 0.6) is 23.0 Å². The van der Waals surface area contributed by atoms with Crippen molar-refractivity contribution in [3.8, 4) is 34.3 Å². The van der Waals surface area contributed by atoms with Crippen LogP contribution in [0.4, 0.5) is 0 Å². The fraction of sp³-hybridized carbons (Fsp3) is 0.114. The van der Waals surface area contributed by atoms with Gasteiger partial charge in [0.15, 0.2) is 11.5 Å². The quantitative estimate of drug-likeness (QED) is 0.117. The van der Waals surface area contributed by atoms with Crippen molar-refractivity contribution in [1.29, 1.82) is 0 Å². The number of benzene rings is 6. The Morgan fingerprint density at radius 2 is 0.857 bits per heavy atom. The van der Waals surface area contributed by atoms with Gasteiger partial charge in [0.25, 0.3) is 0 Å². The first-order valence-electron chi connectivity index (χ1n) is 16.4. The van der Waals surface area contributed by atoms with Crippen molar-refractivity contribution in [3.63, 3.8) is 0 Å². The van der Waals surface area contributed by atoms with E-state index in [4.69, 9.17) is 23.4 Å². The molecule has 0 radical (unpaired) electrons. The van der Waals surface area contributed by atoms with Gasteiger partial charge in [-0.3, -0.25) is 0 Å². The van der Waals surface area contributed by atoms with Gasteiger partial charge >= 0.3 is 11.3 Å². The largest absolute Gasteiger partial charge is 0.488 e. The van der Waals surface area contributed by atoms with Gasteiger partial charge in [-0.15, -0.1) is 0 Å². The minimum atomic E-state index is 0.372. The molecule has 0 saturated carbocycles. The summed E-state index contributed by atoms with van der Waals surface area (Å²) in [5.74, 6) is 3.16. The van der Waals surface area contributed by atoms with Crippen LogP contribution in [-0.4, -0.2) is 0 Å². The number of hydrogen-bond donors (Lipinski definition) is 0. The highest BCUT2D eigenvalue weighted by Crippen LogP contribution is 2.42. The van der Waals surface area contributed by atoms with Crippen LogP contribution in [-0.2, 0) is 26.4 Å². The average molecular weight is 646 g/mol. The van der Waals surface area contributed by atoms with Gasteiger partial charge in [0.2, 0.25) is 5.75 Å². The van der Waals surface area contributed by atoms with E-state index in [0.717, 1.165) is 44.5 Å². The summed E-state index contributed by atoms with van der Waals surface area (Å²) in [4.78, 5) is 0. The third kappa shape index (κ3) is 8.09. The predicted molar refractivity (Wildman–Crippen MR) is 194 cm³/mol. The van der Waals surface area contributed by atoms with Crippen LogP contribution in [0.25, 0.3) is 22.3 Å². The molecule has 5 nitrogen and oxygen atoms in total. The first kappa shape index (κ1) is 31.5. The molecule has 7 aromatic rings. The summed E-state index contributed by atoms with van der Waals surface area (Å²) < 4.78 is 32.3. The number of rotatable bonds is 13. The number of aryl methyl sites for hydroxylation is 1. The standard InChI is InChI=1S/C44H37O5/c1-32-24-40(46-29-34-16-8-3-9-17-34)38-27-43(48-31-36-20-12-5-13-21-36)44(49-41(38)25-32)37-22-23-39(45-28-33-14-6-2-7-15-33)42(26-37)47-30-35-18-10-4-11-19-35/h2-27H,28-31H2,1H3/q+1. The Morgan fingerprint density at radius 3 is 1.37 bits per heavy atom. The molecule has 0 atom stereocenters. The molecular formula is C44H37O5+. The number of ether oxygens (including phenoxy) is 4. The topological polar surface area (TPSA) is 48.2 Å². The second kappa shape index (κ2) is 15.2. The molecule has 0 aliphatic rings. The molecule has 0 aliphatic heterocycles. The Morgan fingerprint density at radius 1 is 0.408 bits per heavy atom. The maximum atomic E-state index is 6.73. The van der Waals surface area contributed by atoms with Crippen LogP contribution < -0.4 is 18.9 Å². The molecule has 0 fully saturated rings. The molecule has 7 rings (SSSR count). The summed E-state index contributed by atoms with van der Waals surface area (Å²) in [5.41, 5.74) is 6.79. The van der Waals surface area contributed by atoms with E-state index >= 15 is 0 Å². The van der Waals surface area contributed by atoms with Gasteiger partial charge in [-0.25, -0.2) is 4.42 Å². The number of fused-ring (bicyclic) bond motifs is 1. The van der Waals surface area contributed by atoms with E-state index in [2.05, 4.69) is 12.1 Å². The average Bonchev–Trinajstić information content (AvgIpc) is 3.16. The highest BCUT2D eigenvalue weighted by atomic mass is 16.5. The van der Waals surface area contributed by atoms with Crippen molar-refractivity contribution in [2.24, 2.45) is 0 Å². The molecule has 1 heterocycles. The first-order chi connectivity index (χ1) is 24.2. The third-order valence-electron chi connectivity index (χ3n) is 8.11. The van der Waals surface area contributed by atoms with Crippen molar-refractivity contribution >= 4 is 11.0 Å². The molecule has 0 unspecified atom stereocenters. The lowest BCUT2D eigenvalue weighted by molar-refractivity contribution is 0.256. The van der Waals surface area contributed by atoms with Crippen molar-refractivity contribution in [3.05, 3.63) is 186 Å². The summed E-state index contributed by atoms with van der Waals surface area (Å²) in [6.07, 6.45) is 0. The molecule has 1 aromatic heterocycles. The molecule has 0 amide bonds. The van der Waals surface area contributed by atoms with E-state index in [-0.39, 0.29) is 0 Å². The van der Waals surface area contributed by atoms with Crippen LogP contribution in [0, 0.1) is 6.92 Å². The molecule has 6 aromatic carbocycles. The zero-order valence-electron chi connectivity index (χ0n) is 27.4. The van der Waals surface area contributed by atoms with E-state index in [9.17, 15) is 0 Å². The Kier molecular flexibility index (Phi) is 9.79. The molecular weight excluding hydrogens is 608 g/mol. The molecule has 0 aliphatic carbocycles. The van der Waals surface area contributed by atoms with E-state index in [0.29, 0.717) is 55.0 Å². The van der Waals surface area contributed by atoms with Crippen LogP contribution in [0.2, 0.25) is 0 Å². The molecule has 0 N–H and O–H groups in total. The lowest BCUT2D eigenvalue weighted by Gasteiger charge is -2.14. The smallest absolute Gasteiger partial charge is 0.402 e. The van der Waals surface area contributed by atoms with Crippen LogP contribution in [0.1, 0.15) is 27.8 Å². The lowest BCUT2D eigenvalue weighted by Crippen LogP contribution is -2.02. The highest BCUT2D eigenvalue weighted by molar-refractivity contribution is 5.88. The van der Waals surface area contributed by atoms with E-state index in [1.54, 1.807) is 0 Å². The Bertz CT molecular complexity index is 2120. The van der Waals surface area contributed by atoms with Crippen molar-refractivity contribution < 1.29 is 23.4 Å². The maximum absolute atomic E-state index is 6.73. The van der Waals surface area contributed by atoms with Crippen molar-refractivity contribution in [1.82, 2.24) is 0 Å². The molecule has 5 heteroatoms. The normalized spacial score (nSPS) is 10.9. The highest BCUT2D eigenvalue weighted by Gasteiger charge is 2.27. The van der Waals surface area contributed by atoms with Crippen LogP contribution in [0.3, 0.4) is 0 Å². The Hall–Kier alpha value is -6.07. The summed E-state index contributed by atoms with van der Waals surface area (Å²) >= 11 is 0. The second-order valence-corrected chi connectivity index (χ2v) is 11.9. The zero-order valence-corrected chi connectivity index (χ0v) is 27.4. The third-order valence-corrected chi connectivity index (χ3v) is 8.11. The minimum absolute atomic E-state index is 0.372. The van der Waals surface area contributed by atoms with Gasteiger partial charge in [0, 0.05) is 18.2 Å². The van der Waals surface area contributed by atoms with Gasteiger partial charge in [-0.2, -0.15) is 0 Å². The summed E-state index contributed by atoms with van der Waals surface area (Å²) in [7, 11) is 0. The van der Waals surface area contributed by atoms with Crippen molar-refractivity contribution in [2.75, 3.05) is 0 Å². The summed E-state index contributed by atoms with van der Waals surface area (Å²) in [5, 5.41) is 0.830. The first-order valence-corrected chi connectivity index (χ1v) is 16.4. The molecule has 0 spiro atoms. The van der Waals surface area contributed by atoms with Crippen LogP contribution >= 0.6 is 0 Å². The van der Waals surface area contributed by atoms with E-state index in [1.807, 2.05) is 153 Å². The summed E-state index contributed by atoms with van der Waals surface area (Å²) in [6, 6.07) is 52.4. The van der Waals surface area contributed by atoms with Gasteiger partial charge in [-0.1, -0.05) is 121 Å².